The van der Waals surface area contributed by atoms with Gasteiger partial charge in [-0.05, 0) is 12.1 Å². The second-order valence-corrected chi connectivity index (χ2v) is 4.12. The summed E-state index contributed by atoms with van der Waals surface area (Å²) in [6.07, 6.45) is 4.17. The molecule has 2 aromatic rings. The van der Waals surface area contributed by atoms with Gasteiger partial charge in [0, 0.05) is 17.1 Å². The monoisotopic (exact) mass is 268 g/mol. The van der Waals surface area contributed by atoms with Crippen LogP contribution in [0.5, 0.6) is 0 Å². The summed E-state index contributed by atoms with van der Waals surface area (Å²) in [5.74, 6) is -0.0243. The number of aliphatic carboxylic acids is 1. The summed E-state index contributed by atoms with van der Waals surface area (Å²) in [5, 5.41) is 8.58. The van der Waals surface area contributed by atoms with Crippen LogP contribution >= 0.6 is 15.9 Å². The van der Waals surface area contributed by atoms with E-state index < -0.39 is 5.97 Å². The molecular formula is C10H9BrN2O2. The highest BCUT2D eigenvalue weighted by atomic mass is 79.9. The lowest BCUT2D eigenvalue weighted by Gasteiger charge is -1.99. The number of rotatable bonds is 3. The predicted molar refractivity (Wildman–Crippen MR) is 58.8 cm³/mol. The van der Waals surface area contributed by atoms with Crippen molar-refractivity contribution in [3.63, 3.8) is 0 Å². The summed E-state index contributed by atoms with van der Waals surface area (Å²) in [6, 6.07) is 3.84. The minimum absolute atomic E-state index is 0.106. The zero-order chi connectivity index (χ0) is 10.8. The lowest BCUT2D eigenvalue weighted by atomic mass is 10.3. The third-order valence-corrected chi connectivity index (χ3v) is 2.63. The number of carbonyl (C=O) groups is 1. The standard InChI is InChI=1S/C10H9BrN2O2/c11-7-3-4-13-8(5-7)6-12-9(13)1-2-10(14)15/h3-6H,1-2H2,(H,14,15). The molecule has 0 aromatic carbocycles. The van der Waals surface area contributed by atoms with Crippen molar-refractivity contribution in [1.82, 2.24) is 9.38 Å². The topological polar surface area (TPSA) is 54.6 Å². The first-order valence-electron chi connectivity index (χ1n) is 4.50. The number of hydrogen-bond donors (Lipinski definition) is 1. The molecule has 0 aliphatic carbocycles. The van der Waals surface area contributed by atoms with Crippen molar-refractivity contribution in [3.8, 4) is 0 Å². The number of aryl methyl sites for hydroxylation is 1. The molecule has 0 spiro atoms. The molecule has 0 aliphatic heterocycles. The van der Waals surface area contributed by atoms with Crippen molar-refractivity contribution in [3.05, 3.63) is 34.8 Å². The molecule has 0 fully saturated rings. The van der Waals surface area contributed by atoms with E-state index in [0.29, 0.717) is 6.42 Å². The first-order chi connectivity index (χ1) is 7.16. The Bertz CT molecular complexity index is 507. The highest BCUT2D eigenvalue weighted by Crippen LogP contribution is 2.15. The summed E-state index contributed by atoms with van der Waals surface area (Å²) < 4.78 is 2.88. The Kier molecular flexibility index (Phi) is 2.73. The Hall–Kier alpha value is -1.36. The van der Waals surface area contributed by atoms with Gasteiger partial charge in [0.25, 0.3) is 0 Å². The minimum Gasteiger partial charge on any atom is -0.481 e. The quantitative estimate of drug-likeness (QED) is 0.928. The molecule has 2 heterocycles. The number of carboxylic acids is 1. The fourth-order valence-corrected chi connectivity index (χ4v) is 1.78. The van der Waals surface area contributed by atoms with Gasteiger partial charge in [-0.15, -0.1) is 0 Å². The smallest absolute Gasteiger partial charge is 0.303 e. The summed E-state index contributed by atoms with van der Waals surface area (Å²) in [6.45, 7) is 0. The first kappa shape index (κ1) is 10.2. The van der Waals surface area contributed by atoms with E-state index in [1.54, 1.807) is 6.20 Å². The molecule has 2 aromatic heterocycles. The lowest BCUT2D eigenvalue weighted by Crippen LogP contribution is -2.01. The van der Waals surface area contributed by atoms with Gasteiger partial charge in [-0.1, -0.05) is 15.9 Å². The maximum atomic E-state index is 10.4. The van der Waals surface area contributed by atoms with Crippen LogP contribution in [-0.2, 0) is 11.2 Å². The fraction of sp³-hybridized carbons (Fsp3) is 0.200. The van der Waals surface area contributed by atoms with Gasteiger partial charge in [0.2, 0.25) is 0 Å². The van der Waals surface area contributed by atoms with Crippen LogP contribution in [-0.4, -0.2) is 20.5 Å². The van der Waals surface area contributed by atoms with E-state index in [0.717, 1.165) is 15.8 Å². The minimum atomic E-state index is -0.802. The molecule has 15 heavy (non-hydrogen) atoms. The molecule has 5 heteroatoms. The van der Waals surface area contributed by atoms with E-state index in [1.165, 1.54) is 0 Å². The average molecular weight is 269 g/mol. The van der Waals surface area contributed by atoms with Crippen LogP contribution in [0.3, 0.4) is 0 Å². The third kappa shape index (κ3) is 2.18. The lowest BCUT2D eigenvalue weighted by molar-refractivity contribution is -0.137. The van der Waals surface area contributed by atoms with Crippen LogP contribution in [0.25, 0.3) is 5.52 Å². The number of carboxylic acid groups (broad SMARTS) is 1. The van der Waals surface area contributed by atoms with Crippen molar-refractivity contribution in [2.24, 2.45) is 0 Å². The highest BCUT2D eigenvalue weighted by Gasteiger charge is 2.05. The number of nitrogens with zero attached hydrogens (tertiary/aromatic N) is 2. The molecular weight excluding hydrogens is 260 g/mol. The first-order valence-corrected chi connectivity index (χ1v) is 5.29. The average Bonchev–Trinajstić information content (AvgIpc) is 2.57. The van der Waals surface area contributed by atoms with Gasteiger partial charge in [0.05, 0.1) is 18.1 Å². The Morgan fingerprint density at radius 3 is 3.13 bits per heavy atom. The van der Waals surface area contributed by atoms with Crippen molar-refractivity contribution in [2.75, 3.05) is 0 Å². The SMILES string of the molecule is O=C(O)CCc1ncc2cc(Br)ccn12. The maximum absolute atomic E-state index is 10.4. The molecule has 0 aliphatic rings. The Balaban J connectivity index is 2.32. The molecule has 4 nitrogen and oxygen atoms in total. The highest BCUT2D eigenvalue weighted by molar-refractivity contribution is 9.10. The molecule has 0 radical (unpaired) electrons. The molecule has 0 atom stereocenters. The number of halogens is 1. The van der Waals surface area contributed by atoms with Gasteiger partial charge >= 0.3 is 5.97 Å². The molecule has 0 unspecified atom stereocenters. The predicted octanol–water partition coefficient (Wildman–Crippen LogP) is 2.11. The number of fused-ring (bicyclic) bond motifs is 1. The van der Waals surface area contributed by atoms with Crippen molar-refractivity contribution >= 4 is 27.4 Å². The van der Waals surface area contributed by atoms with Crippen molar-refractivity contribution < 1.29 is 9.90 Å². The van der Waals surface area contributed by atoms with Gasteiger partial charge < -0.3 is 9.51 Å². The number of pyridine rings is 1. The largest absolute Gasteiger partial charge is 0.481 e. The second kappa shape index (κ2) is 4.02. The van der Waals surface area contributed by atoms with Crippen LogP contribution in [0, 0.1) is 0 Å². The molecule has 0 bridgehead atoms. The van der Waals surface area contributed by atoms with Crippen LogP contribution in [0.2, 0.25) is 0 Å². The van der Waals surface area contributed by atoms with Crippen LogP contribution in [0.15, 0.2) is 29.0 Å². The van der Waals surface area contributed by atoms with Crippen molar-refractivity contribution in [1.29, 1.82) is 0 Å². The second-order valence-electron chi connectivity index (χ2n) is 3.21. The normalized spacial score (nSPS) is 10.7. The Morgan fingerprint density at radius 2 is 2.40 bits per heavy atom. The molecule has 0 amide bonds. The summed E-state index contributed by atoms with van der Waals surface area (Å²) in [4.78, 5) is 14.6. The number of hydrogen-bond acceptors (Lipinski definition) is 2. The summed E-state index contributed by atoms with van der Waals surface area (Å²) in [7, 11) is 0. The summed E-state index contributed by atoms with van der Waals surface area (Å²) >= 11 is 3.37. The Labute approximate surface area is 94.7 Å². The third-order valence-electron chi connectivity index (χ3n) is 2.13. The van der Waals surface area contributed by atoms with E-state index in [2.05, 4.69) is 20.9 Å². The molecule has 2 rings (SSSR count). The van der Waals surface area contributed by atoms with E-state index in [4.69, 9.17) is 5.11 Å². The van der Waals surface area contributed by atoms with Crippen molar-refractivity contribution in [2.45, 2.75) is 12.8 Å². The van der Waals surface area contributed by atoms with E-state index >= 15 is 0 Å². The number of aromatic nitrogens is 2. The van der Waals surface area contributed by atoms with Gasteiger partial charge in [-0.2, -0.15) is 0 Å². The van der Waals surface area contributed by atoms with Gasteiger partial charge in [-0.3, -0.25) is 4.79 Å². The maximum Gasteiger partial charge on any atom is 0.303 e. The zero-order valence-electron chi connectivity index (χ0n) is 7.85. The molecule has 0 saturated heterocycles. The van der Waals surface area contributed by atoms with Gasteiger partial charge in [0.1, 0.15) is 5.82 Å². The zero-order valence-corrected chi connectivity index (χ0v) is 9.44. The van der Waals surface area contributed by atoms with Crippen LogP contribution < -0.4 is 0 Å². The van der Waals surface area contributed by atoms with Gasteiger partial charge in [-0.25, -0.2) is 4.98 Å². The van der Waals surface area contributed by atoms with Crippen LogP contribution in [0.4, 0.5) is 0 Å². The van der Waals surface area contributed by atoms with Gasteiger partial charge in [0.15, 0.2) is 0 Å². The van der Waals surface area contributed by atoms with Crippen LogP contribution in [0.1, 0.15) is 12.2 Å². The molecule has 1 N–H and O–H groups in total. The fourth-order valence-electron chi connectivity index (χ4n) is 1.43. The van der Waals surface area contributed by atoms with E-state index in [1.807, 2.05) is 22.7 Å². The van der Waals surface area contributed by atoms with E-state index in [-0.39, 0.29) is 6.42 Å². The van der Waals surface area contributed by atoms with E-state index in [9.17, 15) is 4.79 Å². The number of imidazole rings is 1. The molecule has 78 valence electrons. The Morgan fingerprint density at radius 1 is 1.60 bits per heavy atom. The molecule has 0 saturated carbocycles. The summed E-state index contributed by atoms with van der Waals surface area (Å²) in [5.41, 5.74) is 0.963.